The predicted molar refractivity (Wildman–Crippen MR) is 195 cm³/mol. The van der Waals surface area contributed by atoms with Crippen LogP contribution in [-0.4, -0.2) is 85.6 Å². The number of H-pyrrole nitrogens is 1. The third-order valence-electron chi connectivity index (χ3n) is 9.56. The first kappa shape index (κ1) is 35.4. The Kier molecular flexibility index (Phi) is 10.8. The molecular formula is C38H44N6O7. The van der Waals surface area contributed by atoms with E-state index in [-0.39, 0.29) is 22.8 Å². The minimum absolute atomic E-state index is 0.0626. The summed E-state index contributed by atoms with van der Waals surface area (Å²) in [6.45, 7) is 4.93. The number of methoxy groups -OCH3 is 3. The molecule has 2 amide bonds. The van der Waals surface area contributed by atoms with Gasteiger partial charge in [0.15, 0.2) is 11.5 Å². The standard InChI is InChI=1S/C38H44N6O7/c1-23(45)40-29-13-11-24-20-32(49-2)36(50-3)37(51-4)35(24)25-12-14-30(31(46)21-27(25)29)39-15-7-10-34(47)44-18-16-43(17-19-44)22-33-41-28-9-6-5-8-26(28)38(48)42-33/h5-6,8-9,12,14,20-21,29H,7,10-11,13,15-19,22H2,1-4H3,(H,39,46)(H,40,45)(H,41,42,48). The smallest absolute Gasteiger partial charge is 0.258 e. The van der Waals surface area contributed by atoms with Crippen molar-refractivity contribution in [2.45, 2.75) is 45.2 Å². The number of hydrogen-bond acceptors (Lipinski definition) is 10. The number of anilines is 1. The summed E-state index contributed by atoms with van der Waals surface area (Å²) in [6.07, 6.45) is 2.06. The zero-order valence-corrected chi connectivity index (χ0v) is 29.5. The number of fused-ring (bicyclic) bond motifs is 4. The molecular weight excluding hydrogens is 652 g/mol. The molecule has 0 spiro atoms. The summed E-state index contributed by atoms with van der Waals surface area (Å²) < 4.78 is 17.1. The Labute approximate surface area is 295 Å². The van der Waals surface area contributed by atoms with Crippen LogP contribution in [0.2, 0.25) is 0 Å². The van der Waals surface area contributed by atoms with E-state index in [0.717, 1.165) is 16.7 Å². The van der Waals surface area contributed by atoms with E-state index in [1.165, 1.54) is 6.92 Å². The molecule has 268 valence electrons. The van der Waals surface area contributed by atoms with Crippen LogP contribution in [0.25, 0.3) is 22.0 Å². The predicted octanol–water partition coefficient (Wildman–Crippen LogP) is 3.64. The summed E-state index contributed by atoms with van der Waals surface area (Å²) in [5, 5.41) is 6.83. The SMILES string of the molecule is COc1cc2c(c(OC)c1OC)-c1ccc(NCCCC(=O)N3CCN(Cc4nc5ccccc5c(=O)[nH]4)CC3)c(=O)cc1C(NC(C)=O)CC2. The van der Waals surface area contributed by atoms with Crippen molar-refractivity contribution >= 4 is 28.4 Å². The van der Waals surface area contributed by atoms with E-state index < -0.39 is 6.04 Å². The van der Waals surface area contributed by atoms with Crippen molar-refractivity contribution in [2.24, 2.45) is 0 Å². The number of nitrogens with one attached hydrogen (secondary N) is 3. The summed E-state index contributed by atoms with van der Waals surface area (Å²) >= 11 is 0. The van der Waals surface area contributed by atoms with E-state index in [9.17, 15) is 19.2 Å². The summed E-state index contributed by atoms with van der Waals surface area (Å²) in [5.74, 6) is 1.95. The molecule has 1 aliphatic heterocycles. The molecule has 1 aliphatic carbocycles. The molecule has 3 N–H and O–H groups in total. The van der Waals surface area contributed by atoms with E-state index >= 15 is 0 Å². The van der Waals surface area contributed by atoms with Crippen LogP contribution in [0.1, 0.15) is 49.2 Å². The molecule has 1 aromatic heterocycles. The fourth-order valence-corrected chi connectivity index (χ4v) is 7.05. The number of carbonyl (C=O) groups is 2. The number of aromatic amines is 1. The van der Waals surface area contributed by atoms with Crippen LogP contribution in [0.15, 0.2) is 58.1 Å². The largest absolute Gasteiger partial charge is 0.493 e. The molecule has 13 heteroatoms. The topological polar surface area (TPSA) is 155 Å². The first-order valence-electron chi connectivity index (χ1n) is 17.2. The summed E-state index contributed by atoms with van der Waals surface area (Å²) in [7, 11) is 4.68. The molecule has 2 heterocycles. The summed E-state index contributed by atoms with van der Waals surface area (Å²) in [4.78, 5) is 62.9. The second-order valence-corrected chi connectivity index (χ2v) is 12.8. The van der Waals surface area contributed by atoms with Crippen molar-refractivity contribution in [2.75, 3.05) is 59.4 Å². The van der Waals surface area contributed by atoms with Crippen LogP contribution in [0.3, 0.4) is 0 Å². The minimum Gasteiger partial charge on any atom is -0.493 e. The van der Waals surface area contributed by atoms with Gasteiger partial charge in [-0.15, -0.1) is 0 Å². The Bertz CT molecular complexity index is 2060. The Morgan fingerprint density at radius 2 is 1.73 bits per heavy atom. The van der Waals surface area contributed by atoms with Gasteiger partial charge in [-0.3, -0.25) is 24.1 Å². The van der Waals surface area contributed by atoms with Gasteiger partial charge >= 0.3 is 0 Å². The van der Waals surface area contributed by atoms with E-state index in [2.05, 4.69) is 25.5 Å². The molecule has 1 fully saturated rings. The lowest BCUT2D eigenvalue weighted by atomic mass is 9.95. The molecule has 1 atom stereocenters. The van der Waals surface area contributed by atoms with E-state index in [1.54, 1.807) is 39.5 Å². The number of ether oxygens (including phenoxy) is 3. The number of para-hydroxylation sites is 1. The van der Waals surface area contributed by atoms with Gasteiger partial charge in [-0.25, -0.2) is 4.98 Å². The van der Waals surface area contributed by atoms with Crippen molar-refractivity contribution in [1.29, 1.82) is 0 Å². The average Bonchev–Trinajstić information content (AvgIpc) is 3.37. The minimum atomic E-state index is -0.399. The molecule has 51 heavy (non-hydrogen) atoms. The van der Waals surface area contributed by atoms with Gasteiger partial charge in [0.05, 0.1) is 50.5 Å². The third-order valence-corrected chi connectivity index (χ3v) is 9.56. The Morgan fingerprint density at radius 3 is 2.45 bits per heavy atom. The van der Waals surface area contributed by atoms with Crippen molar-refractivity contribution < 1.29 is 23.8 Å². The molecule has 3 aromatic carbocycles. The van der Waals surface area contributed by atoms with Crippen LogP contribution in [0.4, 0.5) is 5.69 Å². The normalized spacial score (nSPS) is 15.7. The maximum absolute atomic E-state index is 13.6. The number of piperazine rings is 1. The van der Waals surface area contributed by atoms with Gasteiger partial charge in [-0.05, 0) is 66.3 Å². The highest BCUT2D eigenvalue weighted by Crippen LogP contribution is 2.50. The number of nitrogens with zero attached hydrogens (tertiary/aromatic N) is 3. The highest BCUT2D eigenvalue weighted by molar-refractivity contribution is 5.84. The zero-order chi connectivity index (χ0) is 36.1. The van der Waals surface area contributed by atoms with Gasteiger partial charge in [-0.1, -0.05) is 18.2 Å². The highest BCUT2D eigenvalue weighted by atomic mass is 16.5. The van der Waals surface area contributed by atoms with E-state index in [4.69, 9.17) is 14.2 Å². The molecule has 4 aromatic rings. The number of aryl methyl sites for hydroxylation is 1. The van der Waals surface area contributed by atoms with Crippen molar-refractivity contribution in [3.8, 4) is 28.4 Å². The van der Waals surface area contributed by atoms with Gasteiger partial charge in [0.1, 0.15) is 5.82 Å². The van der Waals surface area contributed by atoms with Crippen molar-refractivity contribution in [1.82, 2.24) is 25.1 Å². The molecule has 1 saturated heterocycles. The number of benzene rings is 2. The Balaban J connectivity index is 1.10. The lowest BCUT2D eigenvalue weighted by molar-refractivity contribution is -0.133. The molecule has 2 aliphatic rings. The Hall–Kier alpha value is -5.43. The van der Waals surface area contributed by atoms with Crippen LogP contribution < -0.4 is 35.8 Å². The third kappa shape index (κ3) is 7.68. The lowest BCUT2D eigenvalue weighted by Crippen LogP contribution is -2.48. The summed E-state index contributed by atoms with van der Waals surface area (Å²) in [6, 6.07) is 14.0. The number of hydrogen-bond donors (Lipinski definition) is 3. The van der Waals surface area contributed by atoms with Gasteiger partial charge in [0, 0.05) is 51.6 Å². The molecule has 1 unspecified atom stereocenters. The summed E-state index contributed by atoms with van der Waals surface area (Å²) in [5.41, 5.74) is 3.86. The Morgan fingerprint density at radius 1 is 0.961 bits per heavy atom. The fourth-order valence-electron chi connectivity index (χ4n) is 7.05. The highest BCUT2D eigenvalue weighted by Gasteiger charge is 2.29. The number of rotatable bonds is 11. The lowest BCUT2D eigenvalue weighted by Gasteiger charge is -2.34. The van der Waals surface area contributed by atoms with Gasteiger partial charge in [0.25, 0.3) is 5.56 Å². The number of carbonyl (C=O) groups excluding carboxylic acids is 2. The molecule has 0 saturated carbocycles. The van der Waals surface area contributed by atoms with Crippen LogP contribution in [0.5, 0.6) is 17.2 Å². The van der Waals surface area contributed by atoms with Crippen LogP contribution >= 0.6 is 0 Å². The van der Waals surface area contributed by atoms with E-state index in [1.807, 2.05) is 35.2 Å². The number of amides is 2. The quantitative estimate of drug-likeness (QED) is 0.198. The average molecular weight is 697 g/mol. The zero-order valence-electron chi connectivity index (χ0n) is 29.5. The number of aromatic nitrogens is 2. The second-order valence-electron chi connectivity index (χ2n) is 12.8. The first-order chi connectivity index (χ1) is 24.7. The maximum Gasteiger partial charge on any atom is 0.258 e. The molecule has 6 rings (SSSR count). The van der Waals surface area contributed by atoms with Crippen molar-refractivity contribution in [3.63, 3.8) is 0 Å². The molecule has 0 radical (unpaired) electrons. The van der Waals surface area contributed by atoms with E-state index in [0.29, 0.717) is 110 Å². The van der Waals surface area contributed by atoms with Crippen LogP contribution in [0, 0.1) is 0 Å². The maximum atomic E-state index is 13.6. The molecule has 13 nitrogen and oxygen atoms in total. The monoisotopic (exact) mass is 696 g/mol. The fraction of sp³-hybridized carbons (Fsp3) is 0.395. The van der Waals surface area contributed by atoms with Crippen molar-refractivity contribution in [3.05, 3.63) is 86.1 Å². The first-order valence-corrected chi connectivity index (χ1v) is 17.2. The van der Waals surface area contributed by atoms with Gasteiger partial charge in [0.2, 0.25) is 23.0 Å². The van der Waals surface area contributed by atoms with Gasteiger partial charge in [-0.2, -0.15) is 0 Å². The van der Waals surface area contributed by atoms with Crippen LogP contribution in [-0.2, 0) is 22.6 Å². The molecule has 0 bridgehead atoms. The van der Waals surface area contributed by atoms with Gasteiger partial charge < -0.3 is 34.7 Å². The second kappa shape index (κ2) is 15.6.